The van der Waals surface area contributed by atoms with Crippen LogP contribution >= 0.6 is 11.6 Å². The van der Waals surface area contributed by atoms with Crippen LogP contribution in [0.2, 0.25) is 5.02 Å². The Balaban J connectivity index is 1.10. The SMILES string of the molecule is CN(C)CCCOc1ccc(S(=O)(=O)NC(=O)c2ccc(N3CCN(CC4=C(c5ccc(Cl)cc5)CC(C)(C)CC4)CC3)cc2Oc2cccc3c2C=CC3)cc1[N+](=O)[O-]. The Morgan fingerprint density at radius 2 is 1.73 bits per heavy atom. The maximum atomic E-state index is 13.9. The third-order valence-electron chi connectivity index (χ3n) is 11.4. The monoisotopic (exact) mass is 853 g/mol. The molecule has 2 aliphatic carbocycles. The highest BCUT2D eigenvalue weighted by atomic mass is 35.5. The summed E-state index contributed by atoms with van der Waals surface area (Å²) in [7, 11) is -0.743. The molecule has 0 radical (unpaired) electrons. The summed E-state index contributed by atoms with van der Waals surface area (Å²) in [5.41, 5.74) is 6.65. The Kier molecular flexibility index (Phi) is 13.0. The minimum absolute atomic E-state index is 0.00206. The number of anilines is 1. The van der Waals surface area contributed by atoms with Gasteiger partial charge in [-0.1, -0.05) is 67.4 Å². The van der Waals surface area contributed by atoms with Crippen molar-refractivity contribution in [3.05, 3.63) is 128 Å². The quantitative estimate of drug-likeness (QED) is 0.0703. The van der Waals surface area contributed by atoms with Crippen LogP contribution < -0.4 is 19.1 Å². The molecule has 1 saturated heterocycles. The van der Waals surface area contributed by atoms with Gasteiger partial charge in [0.15, 0.2) is 5.75 Å². The molecule has 0 unspecified atom stereocenters. The molecule has 4 aromatic rings. The average molecular weight is 854 g/mol. The molecule has 1 aliphatic heterocycles. The van der Waals surface area contributed by atoms with Crippen molar-refractivity contribution in [3.8, 4) is 17.2 Å². The van der Waals surface area contributed by atoms with Gasteiger partial charge in [-0.2, -0.15) is 0 Å². The van der Waals surface area contributed by atoms with Crippen LogP contribution in [0, 0.1) is 15.5 Å². The van der Waals surface area contributed by atoms with Crippen LogP contribution in [-0.4, -0.2) is 89.0 Å². The second-order valence-corrected chi connectivity index (χ2v) is 18.9. The summed E-state index contributed by atoms with van der Waals surface area (Å²) in [5, 5.41) is 12.7. The Hall–Kier alpha value is -5.21. The first kappa shape index (κ1) is 42.9. The lowest BCUT2D eigenvalue weighted by atomic mass is 9.72. The molecule has 14 heteroatoms. The number of nitro benzene ring substituents is 1. The van der Waals surface area contributed by atoms with Gasteiger partial charge in [0.2, 0.25) is 0 Å². The van der Waals surface area contributed by atoms with E-state index < -0.39 is 31.4 Å². The number of nitro groups is 1. The lowest BCUT2D eigenvalue weighted by molar-refractivity contribution is -0.386. The minimum atomic E-state index is -4.55. The maximum absolute atomic E-state index is 13.9. The number of fused-ring (bicyclic) bond motifs is 1. The minimum Gasteiger partial charge on any atom is -0.487 e. The largest absolute Gasteiger partial charge is 0.487 e. The van der Waals surface area contributed by atoms with E-state index in [0.29, 0.717) is 18.7 Å². The molecule has 1 heterocycles. The number of hydrogen-bond acceptors (Lipinski definition) is 10. The molecule has 0 saturated carbocycles. The molecule has 1 N–H and O–H groups in total. The molecule has 316 valence electrons. The van der Waals surface area contributed by atoms with Gasteiger partial charge in [0.25, 0.3) is 15.9 Å². The molecule has 1 amide bonds. The van der Waals surface area contributed by atoms with Crippen LogP contribution in [0.15, 0.2) is 95.4 Å². The van der Waals surface area contributed by atoms with Gasteiger partial charge in [0.05, 0.1) is 22.0 Å². The number of allylic oxidation sites excluding steroid dienone is 2. The first-order chi connectivity index (χ1) is 28.7. The van der Waals surface area contributed by atoms with Gasteiger partial charge < -0.3 is 19.3 Å². The average Bonchev–Trinajstić information content (AvgIpc) is 3.71. The van der Waals surface area contributed by atoms with E-state index in [0.717, 1.165) is 86.3 Å². The smallest absolute Gasteiger partial charge is 0.312 e. The van der Waals surface area contributed by atoms with Crippen molar-refractivity contribution in [2.24, 2.45) is 5.41 Å². The Bertz CT molecular complexity index is 2420. The first-order valence-electron chi connectivity index (χ1n) is 20.3. The number of nitrogens with one attached hydrogen (secondary N) is 1. The standard InChI is InChI=1S/C46H52ClN5O7S/c1-46(2)21-20-34(40(30-46)33-12-14-35(47)15-13-33)31-50-23-25-51(26-24-50)36-16-18-39(44(28-36)59-42-11-6-9-32-8-5-10-38(32)42)45(53)48-60(56,57)37-17-19-43(41(29-37)52(54)55)58-27-7-22-49(3)4/h5-6,9-19,28-29H,7-8,20-27,30-31H2,1-4H3,(H,48,53). The Labute approximate surface area is 357 Å². The lowest BCUT2D eigenvalue weighted by Crippen LogP contribution is -2.47. The van der Waals surface area contributed by atoms with Crippen molar-refractivity contribution in [1.29, 1.82) is 0 Å². The summed E-state index contributed by atoms with van der Waals surface area (Å²) in [5.74, 6) is -0.265. The van der Waals surface area contributed by atoms with Gasteiger partial charge in [0, 0.05) is 67.7 Å². The van der Waals surface area contributed by atoms with Crippen LogP contribution in [0.5, 0.6) is 17.2 Å². The normalized spacial score (nSPS) is 16.5. The van der Waals surface area contributed by atoms with E-state index >= 15 is 0 Å². The number of carbonyl (C=O) groups is 1. The highest BCUT2D eigenvalue weighted by molar-refractivity contribution is 7.90. The van der Waals surface area contributed by atoms with Crippen molar-refractivity contribution in [2.75, 3.05) is 64.9 Å². The summed E-state index contributed by atoms with van der Waals surface area (Å²) in [4.78, 5) is 31.4. The van der Waals surface area contributed by atoms with Gasteiger partial charge in [-0.3, -0.25) is 19.8 Å². The predicted octanol–water partition coefficient (Wildman–Crippen LogP) is 8.84. The topological polar surface area (TPSA) is 135 Å². The lowest BCUT2D eigenvalue weighted by Gasteiger charge is -2.39. The van der Waals surface area contributed by atoms with Crippen LogP contribution in [0.3, 0.4) is 0 Å². The van der Waals surface area contributed by atoms with Crippen molar-refractivity contribution in [3.63, 3.8) is 0 Å². The molecule has 7 rings (SSSR count). The van der Waals surface area contributed by atoms with Crippen LogP contribution in [-0.2, 0) is 16.4 Å². The van der Waals surface area contributed by atoms with E-state index in [1.165, 1.54) is 28.8 Å². The number of rotatable bonds is 15. The molecule has 0 aromatic heterocycles. The summed E-state index contributed by atoms with van der Waals surface area (Å²) >= 11 is 6.24. The molecule has 60 heavy (non-hydrogen) atoms. The van der Waals surface area contributed by atoms with Gasteiger partial charge in [-0.05, 0) is 111 Å². The molecule has 0 bridgehead atoms. The summed E-state index contributed by atoms with van der Waals surface area (Å²) in [6.45, 7) is 9.64. The number of ether oxygens (including phenoxy) is 2. The number of amides is 1. The molecule has 0 atom stereocenters. The van der Waals surface area contributed by atoms with E-state index in [2.05, 4.69) is 40.5 Å². The van der Waals surface area contributed by atoms with E-state index in [9.17, 15) is 23.3 Å². The fourth-order valence-electron chi connectivity index (χ4n) is 8.07. The predicted molar refractivity (Wildman–Crippen MR) is 237 cm³/mol. The number of benzene rings is 4. The van der Waals surface area contributed by atoms with Crippen molar-refractivity contribution >= 4 is 50.6 Å². The van der Waals surface area contributed by atoms with Crippen molar-refractivity contribution < 1.29 is 27.6 Å². The van der Waals surface area contributed by atoms with Gasteiger partial charge in [0.1, 0.15) is 11.5 Å². The third kappa shape index (κ3) is 10.2. The molecule has 12 nitrogen and oxygen atoms in total. The third-order valence-corrected chi connectivity index (χ3v) is 13.0. The number of hydrogen-bond donors (Lipinski definition) is 1. The zero-order chi connectivity index (χ0) is 42.6. The number of halogens is 1. The molecule has 3 aliphatic rings. The first-order valence-corrected chi connectivity index (χ1v) is 22.2. The second-order valence-electron chi connectivity index (χ2n) is 16.7. The van der Waals surface area contributed by atoms with Gasteiger partial charge in [-0.25, -0.2) is 13.1 Å². The molecule has 1 fully saturated rings. The van der Waals surface area contributed by atoms with E-state index in [-0.39, 0.29) is 29.1 Å². The van der Waals surface area contributed by atoms with Gasteiger partial charge >= 0.3 is 5.69 Å². The zero-order valence-electron chi connectivity index (χ0n) is 34.6. The summed E-state index contributed by atoms with van der Waals surface area (Å²) in [6, 6.07) is 22.4. The van der Waals surface area contributed by atoms with E-state index in [4.69, 9.17) is 21.1 Å². The van der Waals surface area contributed by atoms with Crippen molar-refractivity contribution in [1.82, 2.24) is 14.5 Å². The number of carbonyl (C=O) groups excluding carboxylic acids is 1. The molecule has 4 aromatic carbocycles. The van der Waals surface area contributed by atoms with Crippen molar-refractivity contribution in [2.45, 2.75) is 50.8 Å². The second kappa shape index (κ2) is 18.2. The fraction of sp³-hybridized carbons (Fsp3) is 0.370. The Morgan fingerprint density at radius 1 is 0.967 bits per heavy atom. The highest BCUT2D eigenvalue weighted by Crippen LogP contribution is 2.44. The van der Waals surface area contributed by atoms with Crippen LogP contribution in [0.1, 0.15) is 66.6 Å². The molecular formula is C46H52ClN5O7S. The maximum Gasteiger partial charge on any atom is 0.312 e. The fourth-order valence-corrected chi connectivity index (χ4v) is 9.19. The molecule has 0 spiro atoms. The number of nitrogens with zero attached hydrogens (tertiary/aromatic N) is 4. The zero-order valence-corrected chi connectivity index (χ0v) is 36.2. The number of sulfonamides is 1. The molecular weight excluding hydrogens is 802 g/mol. The summed E-state index contributed by atoms with van der Waals surface area (Å²) < 4.78 is 41.5. The van der Waals surface area contributed by atoms with E-state index in [1.54, 1.807) is 18.2 Å². The number of piperazine rings is 1. The Morgan fingerprint density at radius 3 is 2.47 bits per heavy atom. The van der Waals surface area contributed by atoms with Crippen LogP contribution in [0.25, 0.3) is 11.6 Å². The van der Waals surface area contributed by atoms with E-state index in [1.807, 2.05) is 61.5 Å². The summed E-state index contributed by atoms with van der Waals surface area (Å²) in [6.07, 6.45) is 8.60. The van der Waals surface area contributed by atoms with Crippen LogP contribution in [0.4, 0.5) is 11.4 Å². The van der Waals surface area contributed by atoms with Gasteiger partial charge in [-0.15, -0.1) is 0 Å². The highest BCUT2D eigenvalue weighted by Gasteiger charge is 2.31.